The lowest BCUT2D eigenvalue weighted by Crippen LogP contribution is -2.52. The number of pyridine rings is 1. The lowest BCUT2D eigenvalue weighted by atomic mass is 9.87. The Morgan fingerprint density at radius 2 is 1.80 bits per heavy atom. The number of carbonyl (C=O) groups excluding carboxylic acids is 2. The largest absolute Gasteiger partial charge is 0.391 e. The van der Waals surface area contributed by atoms with Gasteiger partial charge in [0.25, 0.3) is 5.91 Å². The first-order chi connectivity index (χ1) is 19.0. The van der Waals surface area contributed by atoms with E-state index in [1.165, 1.54) is 9.80 Å². The van der Waals surface area contributed by atoms with Crippen LogP contribution in [0.3, 0.4) is 0 Å². The van der Waals surface area contributed by atoms with E-state index in [0.29, 0.717) is 11.3 Å². The van der Waals surface area contributed by atoms with E-state index in [2.05, 4.69) is 37.3 Å². The smallest absolute Gasteiger partial charge is 0.251 e. The van der Waals surface area contributed by atoms with E-state index in [9.17, 15) is 20.0 Å². The summed E-state index contributed by atoms with van der Waals surface area (Å²) in [7, 11) is 3.79. The van der Waals surface area contributed by atoms with Crippen LogP contribution in [0.15, 0.2) is 42.7 Å². The zero-order chi connectivity index (χ0) is 29.0. The number of benzene rings is 1. The van der Waals surface area contributed by atoms with Crippen molar-refractivity contribution in [2.24, 2.45) is 0 Å². The van der Waals surface area contributed by atoms with E-state index in [4.69, 9.17) is 0 Å². The molecule has 1 aliphatic heterocycles. The Hall–Kier alpha value is -3.64. The maximum absolute atomic E-state index is 14.4. The van der Waals surface area contributed by atoms with Crippen molar-refractivity contribution in [1.29, 1.82) is 5.26 Å². The number of aliphatic hydroxyl groups is 1. The van der Waals surface area contributed by atoms with Gasteiger partial charge in [-0.15, -0.1) is 0 Å². The van der Waals surface area contributed by atoms with Gasteiger partial charge >= 0.3 is 0 Å². The minimum absolute atomic E-state index is 0.0346. The van der Waals surface area contributed by atoms with Crippen molar-refractivity contribution in [3.05, 3.63) is 53.9 Å². The SMILES string of the molecule is CN(C)c1ccncc1C(C(=O)NC1CCCCC1)N(C(=O)[C@H]1C[C@@H](O)CN1C#N)c1ccc(C(C)(C)C)cc1. The summed E-state index contributed by atoms with van der Waals surface area (Å²) in [6.45, 7) is 6.44. The second kappa shape index (κ2) is 12.3. The van der Waals surface area contributed by atoms with E-state index >= 15 is 0 Å². The van der Waals surface area contributed by atoms with Crippen molar-refractivity contribution < 1.29 is 14.7 Å². The highest BCUT2D eigenvalue weighted by Gasteiger charge is 2.43. The molecule has 9 nitrogen and oxygen atoms in total. The number of anilines is 2. The standard InChI is InChI=1S/C31H42N6O3/c1-31(2,3)21-11-13-23(14-12-21)37(30(40)27-17-24(38)19-36(27)20-32)28(25-18-33-16-15-26(25)35(4)5)29(39)34-22-9-7-6-8-10-22/h11-16,18,22,24,27-28,38H,6-10,17,19H2,1-5H3,(H,34,39)/t24-,27-,28?/m1/s1. The average molecular weight is 547 g/mol. The van der Waals surface area contributed by atoms with Gasteiger partial charge in [-0.3, -0.25) is 24.4 Å². The van der Waals surface area contributed by atoms with Crippen LogP contribution in [0.2, 0.25) is 0 Å². The predicted molar refractivity (Wildman–Crippen MR) is 156 cm³/mol. The van der Waals surface area contributed by atoms with Gasteiger partial charge in [-0.1, -0.05) is 52.2 Å². The van der Waals surface area contributed by atoms with Gasteiger partial charge in [0.2, 0.25) is 5.91 Å². The fraction of sp³-hybridized carbons (Fsp3) is 0.548. The Balaban J connectivity index is 1.87. The van der Waals surface area contributed by atoms with E-state index in [-0.39, 0.29) is 30.3 Å². The van der Waals surface area contributed by atoms with Crippen molar-refractivity contribution in [2.45, 2.75) is 88.9 Å². The van der Waals surface area contributed by atoms with Crippen molar-refractivity contribution in [1.82, 2.24) is 15.2 Å². The molecule has 2 fully saturated rings. The molecule has 1 unspecified atom stereocenters. The molecule has 4 rings (SSSR count). The van der Waals surface area contributed by atoms with Crippen molar-refractivity contribution in [2.75, 3.05) is 30.4 Å². The van der Waals surface area contributed by atoms with Crippen LogP contribution in [0.25, 0.3) is 0 Å². The fourth-order valence-electron chi connectivity index (χ4n) is 5.79. The third kappa shape index (κ3) is 6.39. The number of nitrogens with zero attached hydrogens (tertiary/aromatic N) is 5. The number of nitrogens with one attached hydrogen (secondary N) is 1. The molecule has 1 aliphatic carbocycles. The molecule has 9 heteroatoms. The Bertz CT molecular complexity index is 1230. The number of β-amino-alcohol motifs (C(OH)–C–C–N with tert-alkyl or cyclic N) is 1. The summed E-state index contributed by atoms with van der Waals surface area (Å²) in [6, 6.07) is 7.65. The van der Waals surface area contributed by atoms with E-state index in [1.54, 1.807) is 12.4 Å². The molecular formula is C31H42N6O3. The van der Waals surface area contributed by atoms with Crippen LogP contribution in [0.4, 0.5) is 11.4 Å². The lowest BCUT2D eigenvalue weighted by molar-refractivity contribution is -0.128. The number of hydrogen-bond donors (Lipinski definition) is 2. The number of aromatic nitrogens is 1. The average Bonchev–Trinajstić information content (AvgIpc) is 3.32. The molecule has 0 bridgehead atoms. The summed E-state index contributed by atoms with van der Waals surface area (Å²) in [4.78, 5) is 37.8. The molecule has 40 heavy (non-hydrogen) atoms. The van der Waals surface area contributed by atoms with Crippen molar-refractivity contribution >= 4 is 23.2 Å². The van der Waals surface area contributed by atoms with Crippen LogP contribution in [0, 0.1) is 11.5 Å². The summed E-state index contributed by atoms with van der Waals surface area (Å²) < 4.78 is 0. The molecule has 2 aromatic rings. The highest BCUT2D eigenvalue weighted by Crippen LogP contribution is 2.36. The van der Waals surface area contributed by atoms with Crippen molar-refractivity contribution in [3.63, 3.8) is 0 Å². The Kier molecular flexibility index (Phi) is 8.99. The second-order valence-corrected chi connectivity index (χ2v) is 12.2. The number of carbonyl (C=O) groups is 2. The lowest BCUT2D eigenvalue weighted by Gasteiger charge is -2.37. The second-order valence-electron chi connectivity index (χ2n) is 12.2. The molecule has 2 amide bonds. The molecule has 2 heterocycles. The van der Waals surface area contributed by atoms with Gasteiger partial charge in [-0.2, -0.15) is 5.26 Å². The minimum atomic E-state index is -1.03. The van der Waals surface area contributed by atoms with Crippen molar-refractivity contribution in [3.8, 4) is 6.19 Å². The van der Waals surface area contributed by atoms with Crippen LogP contribution in [0.5, 0.6) is 0 Å². The molecule has 1 saturated heterocycles. The van der Waals surface area contributed by atoms with Crippen LogP contribution < -0.4 is 15.1 Å². The van der Waals surface area contributed by atoms with Gasteiger partial charge in [0.05, 0.1) is 12.6 Å². The van der Waals surface area contributed by atoms with Gasteiger partial charge in [0, 0.05) is 55.9 Å². The van der Waals surface area contributed by atoms with Crippen LogP contribution in [-0.2, 0) is 15.0 Å². The summed E-state index contributed by atoms with van der Waals surface area (Å²) >= 11 is 0. The highest BCUT2D eigenvalue weighted by molar-refractivity contribution is 6.04. The molecule has 214 valence electrons. The monoisotopic (exact) mass is 546 g/mol. The molecule has 3 atom stereocenters. The Morgan fingerprint density at radius 1 is 1.12 bits per heavy atom. The first kappa shape index (κ1) is 29.3. The number of likely N-dealkylation sites (tertiary alicyclic amines) is 1. The Labute approximate surface area is 237 Å². The summed E-state index contributed by atoms with van der Waals surface area (Å²) in [5.41, 5.74) is 2.91. The number of aliphatic hydroxyl groups excluding tert-OH is 1. The van der Waals surface area contributed by atoms with Gasteiger partial charge in [0.15, 0.2) is 6.19 Å². The first-order valence-corrected chi connectivity index (χ1v) is 14.2. The molecular weight excluding hydrogens is 504 g/mol. The Morgan fingerprint density at radius 3 is 2.40 bits per heavy atom. The van der Waals surface area contributed by atoms with Crippen LogP contribution in [-0.4, -0.2) is 65.6 Å². The maximum atomic E-state index is 14.4. The van der Waals surface area contributed by atoms with Gasteiger partial charge in [-0.25, -0.2) is 0 Å². The predicted octanol–water partition coefficient (Wildman–Crippen LogP) is 3.88. The topological polar surface area (TPSA) is 113 Å². The van der Waals surface area contributed by atoms with Gasteiger partial charge in [-0.05, 0) is 42.0 Å². The first-order valence-electron chi connectivity index (χ1n) is 14.2. The number of amides is 2. The molecule has 1 aromatic heterocycles. The molecule has 0 spiro atoms. The van der Waals surface area contributed by atoms with E-state index < -0.39 is 24.1 Å². The van der Waals surface area contributed by atoms with Crippen LogP contribution in [0.1, 0.15) is 76.5 Å². The van der Waals surface area contributed by atoms with Gasteiger partial charge < -0.3 is 15.3 Å². The molecule has 1 aromatic carbocycles. The zero-order valence-electron chi connectivity index (χ0n) is 24.3. The third-order valence-electron chi connectivity index (χ3n) is 8.00. The number of rotatable bonds is 7. The third-order valence-corrected chi connectivity index (χ3v) is 8.00. The summed E-state index contributed by atoms with van der Waals surface area (Å²) in [6.07, 6.45) is 9.77. The minimum Gasteiger partial charge on any atom is -0.391 e. The van der Waals surface area contributed by atoms with E-state index in [1.807, 2.05) is 49.3 Å². The van der Waals surface area contributed by atoms with E-state index in [0.717, 1.165) is 43.4 Å². The summed E-state index contributed by atoms with van der Waals surface area (Å²) in [5.74, 6) is -0.683. The quantitative estimate of drug-likeness (QED) is 0.507. The fourth-order valence-corrected chi connectivity index (χ4v) is 5.79. The van der Waals surface area contributed by atoms with Crippen LogP contribution >= 0.6 is 0 Å². The zero-order valence-corrected chi connectivity index (χ0v) is 24.3. The highest BCUT2D eigenvalue weighted by atomic mass is 16.3. The van der Waals surface area contributed by atoms with Gasteiger partial charge in [0.1, 0.15) is 12.1 Å². The molecule has 2 aliphatic rings. The normalized spacial score (nSPS) is 20.5. The maximum Gasteiger partial charge on any atom is 0.251 e. The summed E-state index contributed by atoms with van der Waals surface area (Å²) in [5, 5.41) is 23.4. The molecule has 2 N–H and O–H groups in total. The number of hydrogen-bond acceptors (Lipinski definition) is 7. The molecule has 1 saturated carbocycles. The molecule has 0 radical (unpaired) electrons. The number of nitriles is 1.